The van der Waals surface area contributed by atoms with E-state index in [0.717, 1.165) is 16.2 Å². The van der Waals surface area contributed by atoms with Crippen molar-refractivity contribution in [2.75, 3.05) is 7.11 Å². The van der Waals surface area contributed by atoms with Crippen LogP contribution in [0, 0.1) is 0 Å². The van der Waals surface area contributed by atoms with Crippen LogP contribution in [0.4, 0.5) is 0 Å². The van der Waals surface area contributed by atoms with Crippen LogP contribution in [0.25, 0.3) is 0 Å². The number of rotatable bonds is 4. The topological polar surface area (TPSA) is 26.3 Å². The van der Waals surface area contributed by atoms with E-state index in [1.54, 1.807) is 7.11 Å². The highest BCUT2D eigenvalue weighted by Gasteiger charge is 2.08. The molecule has 2 aromatic rings. The Balaban J connectivity index is 2.19. The zero-order valence-corrected chi connectivity index (χ0v) is 10.4. The second-order valence-electron chi connectivity index (χ2n) is 3.61. The molecular weight excluding hydrogens is 232 g/mol. The number of ether oxygens (including phenoxy) is 1. The average molecular weight is 246 g/mol. The summed E-state index contributed by atoms with van der Waals surface area (Å²) in [6.07, 6.45) is 0. The molecule has 88 valence electrons. The Morgan fingerprint density at radius 2 is 1.65 bits per heavy atom. The van der Waals surface area contributed by atoms with Crippen molar-refractivity contribution in [3.63, 3.8) is 0 Å². The van der Waals surface area contributed by atoms with Gasteiger partial charge in [-0.3, -0.25) is 4.21 Å². The fraction of sp³-hybridized carbons (Fsp3) is 0.143. The van der Waals surface area contributed by atoms with E-state index < -0.39 is 10.8 Å². The third kappa shape index (κ3) is 2.94. The van der Waals surface area contributed by atoms with Crippen LogP contribution in [0.1, 0.15) is 5.56 Å². The lowest BCUT2D eigenvalue weighted by atomic mass is 10.2. The van der Waals surface area contributed by atoms with Gasteiger partial charge < -0.3 is 4.74 Å². The summed E-state index contributed by atoms with van der Waals surface area (Å²) in [4.78, 5) is 0.846. The molecule has 0 aliphatic heterocycles. The van der Waals surface area contributed by atoms with Crippen molar-refractivity contribution in [1.29, 1.82) is 0 Å². The second kappa shape index (κ2) is 5.64. The van der Waals surface area contributed by atoms with Gasteiger partial charge in [0.15, 0.2) is 0 Å². The first kappa shape index (κ1) is 11.9. The Kier molecular flexibility index (Phi) is 3.94. The molecule has 0 saturated heterocycles. The van der Waals surface area contributed by atoms with Crippen LogP contribution in [0.5, 0.6) is 5.75 Å². The fourth-order valence-corrected chi connectivity index (χ4v) is 2.77. The molecule has 17 heavy (non-hydrogen) atoms. The van der Waals surface area contributed by atoms with Gasteiger partial charge in [0.05, 0.1) is 23.7 Å². The van der Waals surface area contributed by atoms with Gasteiger partial charge in [-0.15, -0.1) is 0 Å². The van der Waals surface area contributed by atoms with Crippen LogP contribution in [0.15, 0.2) is 59.5 Å². The molecule has 1 atom stereocenters. The summed E-state index contributed by atoms with van der Waals surface area (Å²) in [6, 6.07) is 17.1. The monoisotopic (exact) mass is 246 g/mol. The summed E-state index contributed by atoms with van der Waals surface area (Å²) in [6.45, 7) is 0. The number of para-hydroxylation sites is 1. The summed E-state index contributed by atoms with van der Waals surface area (Å²) in [7, 11) is 0.603. The third-order valence-corrected chi connectivity index (χ3v) is 3.86. The largest absolute Gasteiger partial charge is 0.496 e. The fourth-order valence-electron chi connectivity index (χ4n) is 1.62. The van der Waals surface area contributed by atoms with E-state index in [1.165, 1.54) is 0 Å². The van der Waals surface area contributed by atoms with E-state index in [4.69, 9.17) is 4.74 Å². The molecule has 1 unspecified atom stereocenters. The standard InChI is InChI=1S/C14H14O2S/c1-16-14-10-6-5-7-12(14)11-17(15)13-8-3-2-4-9-13/h2-10H,11H2,1H3. The maximum Gasteiger partial charge on any atom is 0.122 e. The quantitative estimate of drug-likeness (QED) is 0.829. The molecule has 0 fully saturated rings. The highest BCUT2D eigenvalue weighted by atomic mass is 32.2. The van der Waals surface area contributed by atoms with Gasteiger partial charge >= 0.3 is 0 Å². The summed E-state index contributed by atoms with van der Waals surface area (Å²) in [5, 5.41) is 0. The lowest BCUT2D eigenvalue weighted by molar-refractivity contribution is 0.411. The smallest absolute Gasteiger partial charge is 0.122 e. The molecule has 0 aliphatic rings. The van der Waals surface area contributed by atoms with Crippen molar-refractivity contribution in [2.24, 2.45) is 0 Å². The predicted octanol–water partition coefficient (Wildman–Crippen LogP) is 3.00. The number of hydrogen-bond donors (Lipinski definition) is 0. The van der Waals surface area contributed by atoms with Gasteiger partial charge in [-0.2, -0.15) is 0 Å². The van der Waals surface area contributed by atoms with Crippen molar-refractivity contribution < 1.29 is 8.95 Å². The zero-order valence-electron chi connectivity index (χ0n) is 9.63. The Morgan fingerprint density at radius 1 is 1.00 bits per heavy atom. The van der Waals surface area contributed by atoms with Crippen LogP contribution in [-0.4, -0.2) is 11.3 Å². The first-order valence-electron chi connectivity index (χ1n) is 5.36. The van der Waals surface area contributed by atoms with E-state index in [0.29, 0.717) is 5.75 Å². The molecule has 0 aliphatic carbocycles. The molecule has 2 aromatic carbocycles. The number of methoxy groups -OCH3 is 1. The highest BCUT2D eigenvalue weighted by molar-refractivity contribution is 7.84. The lowest BCUT2D eigenvalue weighted by Crippen LogP contribution is -1.98. The lowest BCUT2D eigenvalue weighted by Gasteiger charge is -2.07. The summed E-state index contributed by atoms with van der Waals surface area (Å²) in [5.41, 5.74) is 0.970. The molecule has 0 spiro atoms. The molecular formula is C14H14O2S. The van der Waals surface area contributed by atoms with E-state index in [1.807, 2.05) is 54.6 Å². The predicted molar refractivity (Wildman–Crippen MR) is 69.5 cm³/mol. The number of benzene rings is 2. The van der Waals surface area contributed by atoms with Crippen LogP contribution in [0.2, 0.25) is 0 Å². The van der Waals surface area contributed by atoms with Gasteiger partial charge in [-0.1, -0.05) is 36.4 Å². The third-order valence-electron chi connectivity index (χ3n) is 2.49. The van der Waals surface area contributed by atoms with Gasteiger partial charge in [-0.25, -0.2) is 0 Å². The maximum atomic E-state index is 12.1. The van der Waals surface area contributed by atoms with Crippen LogP contribution < -0.4 is 4.74 Å². The maximum absolute atomic E-state index is 12.1. The molecule has 0 radical (unpaired) electrons. The van der Waals surface area contributed by atoms with E-state index in [-0.39, 0.29) is 0 Å². The molecule has 0 heterocycles. The van der Waals surface area contributed by atoms with Crippen molar-refractivity contribution in [3.8, 4) is 5.75 Å². The molecule has 0 saturated carbocycles. The van der Waals surface area contributed by atoms with Crippen molar-refractivity contribution >= 4 is 10.8 Å². The van der Waals surface area contributed by atoms with Crippen molar-refractivity contribution in [2.45, 2.75) is 10.6 Å². The number of hydrogen-bond acceptors (Lipinski definition) is 2. The first-order valence-corrected chi connectivity index (χ1v) is 6.68. The average Bonchev–Trinajstić information content (AvgIpc) is 2.40. The molecule has 0 bridgehead atoms. The van der Waals surface area contributed by atoms with E-state index >= 15 is 0 Å². The molecule has 0 N–H and O–H groups in total. The molecule has 2 nitrogen and oxygen atoms in total. The minimum atomic E-state index is -1.03. The minimum Gasteiger partial charge on any atom is -0.496 e. The van der Waals surface area contributed by atoms with E-state index in [9.17, 15) is 4.21 Å². The SMILES string of the molecule is COc1ccccc1CS(=O)c1ccccc1. The van der Waals surface area contributed by atoms with Gasteiger partial charge in [0.2, 0.25) is 0 Å². The summed E-state index contributed by atoms with van der Waals surface area (Å²) < 4.78 is 17.4. The minimum absolute atomic E-state index is 0.480. The van der Waals surface area contributed by atoms with Crippen molar-refractivity contribution in [3.05, 3.63) is 60.2 Å². The van der Waals surface area contributed by atoms with Crippen LogP contribution in [-0.2, 0) is 16.6 Å². The Hall–Kier alpha value is -1.61. The highest BCUT2D eigenvalue weighted by Crippen LogP contribution is 2.21. The normalized spacial score (nSPS) is 12.1. The Morgan fingerprint density at radius 3 is 2.35 bits per heavy atom. The summed E-state index contributed by atoms with van der Waals surface area (Å²) >= 11 is 0. The van der Waals surface area contributed by atoms with Crippen LogP contribution in [0.3, 0.4) is 0 Å². The molecule has 0 amide bonds. The molecule has 3 heteroatoms. The van der Waals surface area contributed by atoms with Gasteiger partial charge in [-0.05, 0) is 18.2 Å². The molecule has 0 aromatic heterocycles. The second-order valence-corrected chi connectivity index (χ2v) is 5.07. The Labute approximate surface area is 104 Å². The summed E-state index contributed by atoms with van der Waals surface area (Å²) in [5.74, 6) is 1.27. The van der Waals surface area contributed by atoms with Gasteiger partial charge in [0, 0.05) is 10.5 Å². The molecule has 2 rings (SSSR count). The van der Waals surface area contributed by atoms with Crippen molar-refractivity contribution in [1.82, 2.24) is 0 Å². The first-order chi connectivity index (χ1) is 8.31. The van der Waals surface area contributed by atoms with E-state index in [2.05, 4.69) is 0 Å². The van der Waals surface area contributed by atoms with Gasteiger partial charge in [0.25, 0.3) is 0 Å². The zero-order chi connectivity index (χ0) is 12.1. The van der Waals surface area contributed by atoms with Crippen LogP contribution >= 0.6 is 0 Å². The van der Waals surface area contributed by atoms with Gasteiger partial charge in [0.1, 0.15) is 5.75 Å². The Bertz CT molecular complexity index is 509.